The van der Waals surface area contributed by atoms with E-state index >= 15 is 0 Å². The van der Waals surface area contributed by atoms with Gasteiger partial charge in [0.1, 0.15) is 0 Å². The highest BCUT2D eigenvalue weighted by atomic mass is 32.2. The molecule has 0 bridgehead atoms. The summed E-state index contributed by atoms with van der Waals surface area (Å²) in [5.74, 6) is 0. The quantitative estimate of drug-likeness (QED) is 0.790. The first-order valence-electron chi connectivity index (χ1n) is 6.77. The van der Waals surface area contributed by atoms with E-state index in [2.05, 4.69) is 0 Å². The number of hydrogen-bond donors (Lipinski definition) is 1. The van der Waals surface area contributed by atoms with Crippen LogP contribution >= 0.6 is 0 Å². The van der Waals surface area contributed by atoms with E-state index in [1.807, 2.05) is 44.2 Å². The Balaban J connectivity index is 2.90. The summed E-state index contributed by atoms with van der Waals surface area (Å²) in [6.45, 7) is 4.38. The number of aliphatic hydroxyl groups is 1. The van der Waals surface area contributed by atoms with Gasteiger partial charge in [0.15, 0.2) is 0 Å². The first-order chi connectivity index (χ1) is 9.39. The van der Waals surface area contributed by atoms with Crippen LogP contribution < -0.4 is 0 Å². The smallest absolute Gasteiger partial charge is 0.282 e. The van der Waals surface area contributed by atoms with Crippen molar-refractivity contribution in [3.63, 3.8) is 0 Å². The maximum Gasteiger partial charge on any atom is 0.282 e. The van der Waals surface area contributed by atoms with Gasteiger partial charge in [0, 0.05) is 32.8 Å². The molecule has 0 aromatic heterocycles. The lowest BCUT2D eigenvalue weighted by Gasteiger charge is -2.30. The molecule has 0 aliphatic carbocycles. The lowest BCUT2D eigenvalue weighted by Crippen LogP contribution is -2.45. The zero-order chi connectivity index (χ0) is 15.2. The number of benzene rings is 1. The van der Waals surface area contributed by atoms with Crippen LogP contribution in [0.3, 0.4) is 0 Å². The van der Waals surface area contributed by atoms with Crippen LogP contribution in [0.2, 0.25) is 0 Å². The van der Waals surface area contributed by atoms with Crippen molar-refractivity contribution in [2.45, 2.75) is 32.9 Å². The third kappa shape index (κ3) is 4.56. The third-order valence-electron chi connectivity index (χ3n) is 3.08. The fourth-order valence-corrected chi connectivity index (χ4v) is 3.44. The Bertz CT molecular complexity index is 488. The Morgan fingerprint density at radius 1 is 1.20 bits per heavy atom. The van der Waals surface area contributed by atoms with Gasteiger partial charge < -0.3 is 5.11 Å². The van der Waals surface area contributed by atoms with Crippen molar-refractivity contribution >= 4 is 10.2 Å². The maximum atomic E-state index is 12.6. The van der Waals surface area contributed by atoms with Crippen LogP contribution in [0.1, 0.15) is 25.8 Å². The van der Waals surface area contributed by atoms with Crippen molar-refractivity contribution in [1.29, 1.82) is 0 Å². The summed E-state index contributed by atoms with van der Waals surface area (Å²) in [5.41, 5.74) is 0.959. The predicted molar refractivity (Wildman–Crippen MR) is 80.4 cm³/mol. The normalized spacial score (nSPS) is 12.6. The van der Waals surface area contributed by atoms with Gasteiger partial charge in [0.2, 0.25) is 0 Å². The maximum absolute atomic E-state index is 12.6. The van der Waals surface area contributed by atoms with Crippen molar-refractivity contribution < 1.29 is 13.5 Å². The Morgan fingerprint density at radius 3 is 2.30 bits per heavy atom. The molecule has 0 spiro atoms. The van der Waals surface area contributed by atoms with E-state index in [9.17, 15) is 8.42 Å². The van der Waals surface area contributed by atoms with E-state index in [0.717, 1.165) is 5.56 Å². The molecule has 1 N–H and O–H groups in total. The molecule has 0 heterocycles. The van der Waals surface area contributed by atoms with E-state index in [0.29, 0.717) is 19.5 Å². The summed E-state index contributed by atoms with van der Waals surface area (Å²) in [4.78, 5) is 0. The predicted octanol–water partition coefficient (Wildman–Crippen LogP) is 1.46. The first kappa shape index (κ1) is 17.1. The highest BCUT2D eigenvalue weighted by Crippen LogP contribution is 2.16. The highest BCUT2D eigenvalue weighted by molar-refractivity contribution is 7.86. The molecule has 0 atom stereocenters. The van der Waals surface area contributed by atoms with Crippen molar-refractivity contribution in [3.05, 3.63) is 35.9 Å². The molecular formula is C14H24N2O3S. The lowest BCUT2D eigenvalue weighted by molar-refractivity contribution is 0.266. The standard InChI is InChI=1S/C14H24N2O3S/c1-13(2)16(12-14-8-5-4-6-9-14)20(18,19)15(3)10-7-11-17/h4-6,8-9,13,17H,7,10-12H2,1-3H3. The average Bonchev–Trinajstić information content (AvgIpc) is 2.42. The number of nitrogens with zero attached hydrogens (tertiary/aromatic N) is 2. The molecule has 1 rings (SSSR count). The largest absolute Gasteiger partial charge is 0.396 e. The molecule has 0 radical (unpaired) electrons. The van der Waals surface area contributed by atoms with E-state index < -0.39 is 10.2 Å². The molecule has 114 valence electrons. The molecule has 20 heavy (non-hydrogen) atoms. The average molecular weight is 300 g/mol. The molecule has 1 aromatic carbocycles. The summed E-state index contributed by atoms with van der Waals surface area (Å²) >= 11 is 0. The molecule has 0 fully saturated rings. The molecule has 6 heteroatoms. The highest BCUT2D eigenvalue weighted by Gasteiger charge is 2.28. The molecule has 0 saturated carbocycles. The van der Waals surface area contributed by atoms with Gasteiger partial charge in [0.05, 0.1) is 0 Å². The molecule has 5 nitrogen and oxygen atoms in total. The molecule has 1 aromatic rings. The summed E-state index contributed by atoms with van der Waals surface area (Å²) in [6, 6.07) is 9.41. The molecule has 0 amide bonds. The number of aliphatic hydroxyl groups excluding tert-OH is 1. The van der Waals surface area contributed by atoms with Gasteiger partial charge in [-0.15, -0.1) is 0 Å². The van der Waals surface area contributed by atoms with Crippen LogP contribution in [0.4, 0.5) is 0 Å². The minimum atomic E-state index is -3.52. The van der Waals surface area contributed by atoms with Crippen LogP contribution in [0.25, 0.3) is 0 Å². The van der Waals surface area contributed by atoms with Crippen LogP contribution in [0, 0.1) is 0 Å². The lowest BCUT2D eigenvalue weighted by atomic mass is 10.2. The van der Waals surface area contributed by atoms with Crippen LogP contribution in [-0.2, 0) is 16.8 Å². The van der Waals surface area contributed by atoms with Crippen molar-refractivity contribution in [3.8, 4) is 0 Å². The summed E-state index contributed by atoms with van der Waals surface area (Å²) in [5, 5.41) is 8.83. The number of hydrogen-bond acceptors (Lipinski definition) is 3. The fourth-order valence-electron chi connectivity index (χ4n) is 1.88. The summed E-state index contributed by atoms with van der Waals surface area (Å²) < 4.78 is 27.9. The molecule has 0 unspecified atom stereocenters. The van der Waals surface area contributed by atoms with Crippen LogP contribution in [0.5, 0.6) is 0 Å². The Kier molecular flexibility index (Phi) is 6.61. The zero-order valence-electron chi connectivity index (χ0n) is 12.4. The minimum Gasteiger partial charge on any atom is -0.396 e. The Hall–Kier alpha value is -0.950. The Labute approximate surface area is 122 Å². The zero-order valence-corrected chi connectivity index (χ0v) is 13.2. The van der Waals surface area contributed by atoms with E-state index in [-0.39, 0.29) is 12.6 Å². The Morgan fingerprint density at radius 2 is 1.80 bits per heavy atom. The number of rotatable bonds is 8. The third-order valence-corrected chi connectivity index (χ3v) is 5.19. The minimum absolute atomic E-state index is 0.0137. The second kappa shape index (κ2) is 7.73. The molecule has 0 aliphatic heterocycles. The van der Waals surface area contributed by atoms with Gasteiger partial charge in [-0.1, -0.05) is 30.3 Å². The molecule has 0 saturated heterocycles. The monoisotopic (exact) mass is 300 g/mol. The topological polar surface area (TPSA) is 60.9 Å². The van der Waals surface area contributed by atoms with E-state index in [4.69, 9.17) is 5.11 Å². The fraction of sp³-hybridized carbons (Fsp3) is 0.571. The van der Waals surface area contributed by atoms with Gasteiger partial charge >= 0.3 is 0 Å². The van der Waals surface area contributed by atoms with Crippen molar-refractivity contribution in [2.24, 2.45) is 0 Å². The first-order valence-corrected chi connectivity index (χ1v) is 8.17. The van der Waals surface area contributed by atoms with Crippen molar-refractivity contribution in [2.75, 3.05) is 20.2 Å². The second-order valence-electron chi connectivity index (χ2n) is 5.03. The summed E-state index contributed by atoms with van der Waals surface area (Å²) in [7, 11) is -1.97. The van der Waals surface area contributed by atoms with Gasteiger partial charge in [0.25, 0.3) is 10.2 Å². The van der Waals surface area contributed by atoms with Gasteiger partial charge in [-0.25, -0.2) is 0 Å². The molecule has 0 aliphatic rings. The van der Waals surface area contributed by atoms with Crippen LogP contribution in [-0.4, -0.2) is 48.4 Å². The van der Waals surface area contributed by atoms with Gasteiger partial charge in [-0.2, -0.15) is 17.0 Å². The van der Waals surface area contributed by atoms with Crippen LogP contribution in [0.15, 0.2) is 30.3 Å². The van der Waals surface area contributed by atoms with Crippen molar-refractivity contribution in [1.82, 2.24) is 8.61 Å². The SMILES string of the molecule is CC(C)N(Cc1ccccc1)S(=O)(=O)N(C)CCCO. The van der Waals surface area contributed by atoms with Gasteiger partial charge in [-0.05, 0) is 25.8 Å². The van der Waals surface area contributed by atoms with E-state index in [1.54, 1.807) is 7.05 Å². The van der Waals surface area contributed by atoms with Gasteiger partial charge in [-0.3, -0.25) is 0 Å². The molecular weight excluding hydrogens is 276 g/mol. The van der Waals surface area contributed by atoms with E-state index in [1.165, 1.54) is 8.61 Å². The summed E-state index contributed by atoms with van der Waals surface area (Å²) in [6.07, 6.45) is 0.438. The second-order valence-corrected chi connectivity index (χ2v) is 7.02.